The lowest BCUT2D eigenvalue weighted by Crippen LogP contribution is -2.54. The van der Waals surface area contributed by atoms with Gasteiger partial charge in [-0.2, -0.15) is 0 Å². The fourth-order valence-corrected chi connectivity index (χ4v) is 5.26. The van der Waals surface area contributed by atoms with Crippen molar-refractivity contribution in [1.82, 2.24) is 10.2 Å². The highest BCUT2D eigenvalue weighted by Gasteiger charge is 2.33. The summed E-state index contributed by atoms with van der Waals surface area (Å²) in [4.78, 5) is 29.0. The van der Waals surface area contributed by atoms with E-state index in [4.69, 9.17) is 0 Å². The molecule has 38 heavy (non-hydrogen) atoms. The fraction of sp³-hybridized carbons (Fsp3) is 0.310. The number of anilines is 1. The molecule has 0 unspecified atom stereocenters. The molecule has 0 saturated carbocycles. The van der Waals surface area contributed by atoms with E-state index in [-0.39, 0.29) is 18.5 Å². The number of benzene rings is 3. The third-order valence-electron chi connectivity index (χ3n) is 5.97. The Hall–Kier alpha value is -2.92. The monoisotopic (exact) mass is 647 g/mol. The van der Waals surface area contributed by atoms with Gasteiger partial charge in [-0.1, -0.05) is 60.2 Å². The molecular weight excluding hydrogens is 613 g/mol. The largest absolute Gasteiger partial charge is 0.352 e. The van der Waals surface area contributed by atoms with Crippen molar-refractivity contribution in [2.45, 2.75) is 45.8 Å². The van der Waals surface area contributed by atoms with Crippen molar-refractivity contribution in [3.05, 3.63) is 99.1 Å². The predicted octanol–water partition coefficient (Wildman–Crippen LogP) is 4.53. The summed E-state index contributed by atoms with van der Waals surface area (Å²) in [5.74, 6) is -0.751. The van der Waals surface area contributed by atoms with Crippen LogP contribution in [0.2, 0.25) is 0 Å². The lowest BCUT2D eigenvalue weighted by Gasteiger charge is -2.34. The molecule has 0 aliphatic carbocycles. The molecule has 1 N–H and O–H groups in total. The number of nitrogens with zero attached hydrogens (tertiary/aromatic N) is 2. The number of carbonyl (C=O) groups excluding carboxylic acids is 2. The second-order valence-electron chi connectivity index (χ2n) is 9.62. The van der Waals surface area contributed by atoms with Crippen LogP contribution in [-0.2, 0) is 32.6 Å². The Morgan fingerprint density at radius 1 is 0.895 bits per heavy atom. The number of rotatable bonds is 11. The normalized spacial score (nSPS) is 12.2. The Morgan fingerprint density at radius 3 is 2.05 bits per heavy atom. The molecule has 0 aromatic heterocycles. The average molecular weight is 648 g/mol. The second-order valence-corrected chi connectivity index (χ2v) is 12.8. The third-order valence-corrected chi connectivity index (χ3v) is 7.83. The third kappa shape index (κ3) is 8.56. The molecule has 0 bridgehead atoms. The molecule has 9 heteroatoms. The van der Waals surface area contributed by atoms with Crippen LogP contribution in [-0.4, -0.2) is 50.0 Å². The van der Waals surface area contributed by atoms with Gasteiger partial charge in [0.15, 0.2) is 0 Å². The zero-order valence-corrected chi connectivity index (χ0v) is 25.1. The SMILES string of the molecule is Cc1ccc(CN(C(=O)CN(c2ccc(I)cc2)S(C)(=O)=O)[C@@H](Cc2ccccc2)C(=O)NC(C)C)cc1. The van der Waals surface area contributed by atoms with Crippen LogP contribution >= 0.6 is 22.6 Å². The van der Waals surface area contributed by atoms with Gasteiger partial charge in [-0.25, -0.2) is 8.42 Å². The summed E-state index contributed by atoms with van der Waals surface area (Å²) in [6, 6.07) is 23.2. The molecule has 0 aliphatic rings. The first-order chi connectivity index (χ1) is 17.9. The molecule has 202 valence electrons. The van der Waals surface area contributed by atoms with Crippen LogP contribution in [0.4, 0.5) is 5.69 Å². The molecule has 3 aromatic carbocycles. The van der Waals surface area contributed by atoms with Crippen LogP contribution in [0.3, 0.4) is 0 Å². The summed E-state index contributed by atoms with van der Waals surface area (Å²) in [5.41, 5.74) is 3.21. The number of halogens is 1. The lowest BCUT2D eigenvalue weighted by atomic mass is 10.0. The molecule has 2 amide bonds. The maximum absolute atomic E-state index is 14.0. The first kappa shape index (κ1) is 29.6. The number of amides is 2. The molecule has 1 atom stereocenters. The highest BCUT2D eigenvalue weighted by Crippen LogP contribution is 2.21. The van der Waals surface area contributed by atoms with E-state index in [1.165, 1.54) is 4.90 Å². The summed E-state index contributed by atoms with van der Waals surface area (Å²) in [5, 5.41) is 2.95. The van der Waals surface area contributed by atoms with Crippen molar-refractivity contribution < 1.29 is 18.0 Å². The number of carbonyl (C=O) groups is 2. The molecule has 0 saturated heterocycles. The fourth-order valence-electron chi connectivity index (χ4n) is 4.05. The number of aryl methyl sites for hydroxylation is 1. The molecule has 0 heterocycles. The standard InChI is InChI=1S/C29H34IN3O4S/c1-21(2)31-29(35)27(18-23-8-6-5-7-9-23)32(19-24-12-10-22(3)11-13-24)28(34)20-33(38(4,36)37)26-16-14-25(30)15-17-26/h5-17,21,27H,18-20H2,1-4H3,(H,31,35)/t27-/m0/s1. The minimum atomic E-state index is -3.78. The van der Waals surface area contributed by atoms with Crippen molar-refractivity contribution >= 4 is 50.1 Å². The van der Waals surface area contributed by atoms with E-state index in [0.29, 0.717) is 12.1 Å². The van der Waals surface area contributed by atoms with Crippen LogP contribution in [0.5, 0.6) is 0 Å². The smallest absolute Gasteiger partial charge is 0.244 e. The Labute approximate surface area is 239 Å². The number of sulfonamides is 1. The van der Waals surface area contributed by atoms with Crippen LogP contribution in [0, 0.1) is 10.5 Å². The van der Waals surface area contributed by atoms with Gasteiger partial charge in [0.05, 0.1) is 11.9 Å². The molecule has 0 radical (unpaired) electrons. The van der Waals surface area contributed by atoms with Gasteiger partial charge in [0.25, 0.3) is 0 Å². The summed E-state index contributed by atoms with van der Waals surface area (Å²) < 4.78 is 27.6. The Kier molecular flexibility index (Phi) is 10.3. The first-order valence-corrected chi connectivity index (χ1v) is 15.3. The van der Waals surface area contributed by atoms with Gasteiger partial charge in [-0.05, 0) is 78.8 Å². The predicted molar refractivity (Wildman–Crippen MR) is 160 cm³/mol. The van der Waals surface area contributed by atoms with Crippen LogP contribution in [0.25, 0.3) is 0 Å². The zero-order valence-electron chi connectivity index (χ0n) is 22.1. The maximum Gasteiger partial charge on any atom is 0.244 e. The average Bonchev–Trinajstić information content (AvgIpc) is 2.86. The van der Waals surface area contributed by atoms with Gasteiger partial charge in [-0.3, -0.25) is 13.9 Å². The molecule has 0 fully saturated rings. The van der Waals surface area contributed by atoms with Gasteiger partial charge in [0.1, 0.15) is 12.6 Å². The Bertz CT molecular complexity index is 1330. The van der Waals surface area contributed by atoms with Gasteiger partial charge in [0.2, 0.25) is 21.8 Å². The number of nitrogens with one attached hydrogen (secondary N) is 1. The highest BCUT2D eigenvalue weighted by molar-refractivity contribution is 14.1. The summed E-state index contributed by atoms with van der Waals surface area (Å²) in [7, 11) is -3.78. The summed E-state index contributed by atoms with van der Waals surface area (Å²) in [6.07, 6.45) is 1.37. The summed E-state index contributed by atoms with van der Waals surface area (Å²) in [6.45, 7) is 5.45. The van der Waals surface area contributed by atoms with Crippen molar-refractivity contribution in [3.63, 3.8) is 0 Å². The Morgan fingerprint density at radius 2 is 1.50 bits per heavy atom. The van der Waals surface area contributed by atoms with Gasteiger partial charge in [-0.15, -0.1) is 0 Å². The molecule has 0 spiro atoms. The van der Waals surface area contributed by atoms with E-state index in [1.807, 2.05) is 75.4 Å². The van der Waals surface area contributed by atoms with E-state index in [0.717, 1.165) is 30.8 Å². The minimum Gasteiger partial charge on any atom is -0.352 e. The van der Waals surface area contributed by atoms with E-state index >= 15 is 0 Å². The molecule has 7 nitrogen and oxygen atoms in total. The van der Waals surface area contributed by atoms with Crippen molar-refractivity contribution in [2.75, 3.05) is 17.1 Å². The highest BCUT2D eigenvalue weighted by atomic mass is 127. The van der Waals surface area contributed by atoms with Crippen molar-refractivity contribution in [1.29, 1.82) is 0 Å². The van der Waals surface area contributed by atoms with Crippen LogP contribution < -0.4 is 9.62 Å². The maximum atomic E-state index is 14.0. The van der Waals surface area contributed by atoms with E-state index in [9.17, 15) is 18.0 Å². The van der Waals surface area contributed by atoms with E-state index in [2.05, 4.69) is 27.9 Å². The quantitative estimate of drug-likeness (QED) is 0.310. The second kappa shape index (κ2) is 13.2. The van der Waals surface area contributed by atoms with Crippen LogP contribution in [0.15, 0.2) is 78.9 Å². The number of hydrogen-bond acceptors (Lipinski definition) is 4. The number of hydrogen-bond donors (Lipinski definition) is 1. The van der Waals surface area contributed by atoms with Gasteiger partial charge < -0.3 is 10.2 Å². The lowest BCUT2D eigenvalue weighted by molar-refractivity contribution is -0.140. The molecule has 0 aliphatic heterocycles. The zero-order chi connectivity index (χ0) is 27.9. The first-order valence-electron chi connectivity index (χ1n) is 12.4. The van der Waals surface area contributed by atoms with Gasteiger partial charge in [0, 0.05) is 22.6 Å². The molecule has 3 rings (SSSR count). The molecule has 3 aromatic rings. The minimum absolute atomic E-state index is 0.128. The van der Waals surface area contributed by atoms with Crippen molar-refractivity contribution in [2.24, 2.45) is 0 Å². The van der Waals surface area contributed by atoms with Crippen molar-refractivity contribution in [3.8, 4) is 0 Å². The van der Waals surface area contributed by atoms with E-state index < -0.39 is 28.5 Å². The topological polar surface area (TPSA) is 86.8 Å². The van der Waals surface area contributed by atoms with Gasteiger partial charge >= 0.3 is 0 Å². The molecular formula is C29H34IN3O4S. The van der Waals surface area contributed by atoms with E-state index in [1.54, 1.807) is 24.3 Å². The summed E-state index contributed by atoms with van der Waals surface area (Å²) >= 11 is 2.14. The Balaban J connectivity index is 2.04. The van der Waals surface area contributed by atoms with Crippen LogP contribution in [0.1, 0.15) is 30.5 Å².